The minimum Gasteiger partial charge on any atom is -0.343 e. The topological polar surface area (TPSA) is 23.6 Å². The Morgan fingerprint density at radius 3 is 2.62 bits per heavy atom. The molecule has 1 fully saturated rings. The van der Waals surface area contributed by atoms with Crippen LogP contribution in [0.25, 0.3) is 0 Å². The summed E-state index contributed by atoms with van der Waals surface area (Å²) in [5, 5.41) is 0. The molecule has 0 spiro atoms. The number of benzene rings is 1. The molecule has 1 heterocycles. The van der Waals surface area contributed by atoms with Crippen molar-refractivity contribution in [2.75, 3.05) is 27.2 Å². The highest BCUT2D eigenvalue weighted by molar-refractivity contribution is 5.79. The van der Waals surface area contributed by atoms with Crippen molar-refractivity contribution in [1.29, 1.82) is 0 Å². The van der Waals surface area contributed by atoms with E-state index in [0.717, 1.165) is 6.54 Å². The van der Waals surface area contributed by atoms with E-state index in [1.807, 2.05) is 19.0 Å². The first-order valence-corrected chi connectivity index (χ1v) is 5.59. The molecule has 3 heteroatoms. The second-order valence-corrected chi connectivity index (χ2v) is 4.56. The lowest BCUT2D eigenvalue weighted by Crippen LogP contribution is -2.48. The quantitative estimate of drug-likeness (QED) is 0.712. The molecule has 1 amide bonds. The Kier molecular flexibility index (Phi) is 2.97. The van der Waals surface area contributed by atoms with E-state index < -0.39 is 0 Å². The van der Waals surface area contributed by atoms with Crippen LogP contribution in [0.3, 0.4) is 0 Å². The summed E-state index contributed by atoms with van der Waals surface area (Å²) in [4.78, 5) is 15.5. The minimum atomic E-state index is 0.201. The molecule has 3 nitrogen and oxygen atoms in total. The predicted octanol–water partition coefficient (Wildman–Crippen LogP) is 1.44. The lowest BCUT2D eigenvalue weighted by molar-refractivity contribution is -0.136. The van der Waals surface area contributed by atoms with Crippen LogP contribution in [0.5, 0.6) is 0 Å². The van der Waals surface area contributed by atoms with E-state index in [-0.39, 0.29) is 5.91 Å². The summed E-state index contributed by atoms with van der Waals surface area (Å²) in [6.07, 6.45) is 0. The van der Waals surface area contributed by atoms with Crippen LogP contribution < -0.4 is 0 Å². The van der Waals surface area contributed by atoms with E-state index in [0.29, 0.717) is 12.6 Å². The largest absolute Gasteiger partial charge is 0.343 e. The second kappa shape index (κ2) is 4.26. The Balaban J connectivity index is 2.27. The number of nitrogens with zero attached hydrogens (tertiary/aromatic N) is 2. The summed E-state index contributed by atoms with van der Waals surface area (Å²) in [7, 11) is 3.89. The number of rotatable bonds is 1. The van der Waals surface area contributed by atoms with Crippen LogP contribution in [-0.4, -0.2) is 42.9 Å². The van der Waals surface area contributed by atoms with Gasteiger partial charge in [-0.3, -0.25) is 9.69 Å². The van der Waals surface area contributed by atoms with Crippen molar-refractivity contribution in [1.82, 2.24) is 9.80 Å². The standard InChI is InChI=1S/C13H18N2O/c1-10-6-4-5-7-11(10)12-8-15(3)13(16)9-14(12)2/h4-7,12H,8-9H2,1-3H3. The van der Waals surface area contributed by atoms with E-state index in [1.165, 1.54) is 11.1 Å². The van der Waals surface area contributed by atoms with Gasteiger partial charge in [0.05, 0.1) is 12.6 Å². The molecular formula is C13H18N2O. The molecule has 0 saturated carbocycles. The number of piperazine rings is 1. The first kappa shape index (κ1) is 11.1. The van der Waals surface area contributed by atoms with Gasteiger partial charge in [0.1, 0.15) is 0 Å². The Morgan fingerprint density at radius 1 is 1.25 bits per heavy atom. The first-order valence-electron chi connectivity index (χ1n) is 5.59. The molecule has 0 N–H and O–H groups in total. The fourth-order valence-electron chi connectivity index (χ4n) is 2.24. The third-order valence-electron chi connectivity index (χ3n) is 3.34. The van der Waals surface area contributed by atoms with E-state index in [1.54, 1.807) is 0 Å². The summed E-state index contributed by atoms with van der Waals surface area (Å²) in [6.45, 7) is 3.41. The molecule has 0 aliphatic carbocycles. The first-order chi connectivity index (χ1) is 7.59. The van der Waals surface area contributed by atoms with E-state index in [9.17, 15) is 4.79 Å². The molecule has 1 atom stereocenters. The number of hydrogen-bond donors (Lipinski definition) is 0. The van der Waals surface area contributed by atoms with Gasteiger partial charge in [-0.15, -0.1) is 0 Å². The molecule has 0 aromatic heterocycles. The Labute approximate surface area is 96.7 Å². The number of aryl methyl sites for hydroxylation is 1. The minimum absolute atomic E-state index is 0.201. The zero-order valence-corrected chi connectivity index (χ0v) is 10.1. The van der Waals surface area contributed by atoms with Crippen LogP contribution >= 0.6 is 0 Å². The fraction of sp³-hybridized carbons (Fsp3) is 0.462. The average molecular weight is 218 g/mol. The molecule has 1 aliphatic heterocycles. The molecule has 1 aliphatic rings. The molecule has 1 aromatic carbocycles. The van der Waals surface area contributed by atoms with Crippen molar-refractivity contribution < 1.29 is 4.79 Å². The summed E-state index contributed by atoms with van der Waals surface area (Å²) in [5.74, 6) is 0.201. The lowest BCUT2D eigenvalue weighted by atomic mass is 9.98. The summed E-state index contributed by atoms with van der Waals surface area (Å²) in [5.41, 5.74) is 2.62. The molecule has 1 saturated heterocycles. The number of carbonyl (C=O) groups excluding carboxylic acids is 1. The van der Waals surface area contributed by atoms with Crippen LogP contribution in [0.2, 0.25) is 0 Å². The van der Waals surface area contributed by atoms with E-state index in [4.69, 9.17) is 0 Å². The van der Waals surface area contributed by atoms with Gasteiger partial charge in [-0.2, -0.15) is 0 Å². The highest BCUT2D eigenvalue weighted by Crippen LogP contribution is 2.26. The van der Waals surface area contributed by atoms with Gasteiger partial charge in [-0.25, -0.2) is 0 Å². The molecule has 1 unspecified atom stereocenters. The van der Waals surface area contributed by atoms with Gasteiger partial charge in [0.15, 0.2) is 0 Å². The van der Waals surface area contributed by atoms with Gasteiger partial charge in [0, 0.05) is 13.6 Å². The highest BCUT2D eigenvalue weighted by Gasteiger charge is 2.29. The average Bonchev–Trinajstić information content (AvgIpc) is 2.25. The van der Waals surface area contributed by atoms with Crippen LogP contribution in [0.15, 0.2) is 24.3 Å². The fourth-order valence-corrected chi connectivity index (χ4v) is 2.24. The van der Waals surface area contributed by atoms with Gasteiger partial charge >= 0.3 is 0 Å². The van der Waals surface area contributed by atoms with Crippen molar-refractivity contribution in [3.63, 3.8) is 0 Å². The van der Waals surface area contributed by atoms with Crippen LogP contribution in [0.1, 0.15) is 17.2 Å². The van der Waals surface area contributed by atoms with Crippen molar-refractivity contribution >= 4 is 5.91 Å². The molecule has 0 radical (unpaired) electrons. The second-order valence-electron chi connectivity index (χ2n) is 4.56. The predicted molar refractivity (Wildman–Crippen MR) is 64.2 cm³/mol. The number of hydrogen-bond acceptors (Lipinski definition) is 2. The number of carbonyl (C=O) groups is 1. The Bertz CT molecular complexity index is 403. The molecule has 2 rings (SSSR count). The van der Waals surface area contributed by atoms with Gasteiger partial charge in [-0.1, -0.05) is 24.3 Å². The molecular weight excluding hydrogens is 200 g/mol. The van der Waals surface area contributed by atoms with Crippen molar-refractivity contribution in [3.8, 4) is 0 Å². The summed E-state index contributed by atoms with van der Waals surface area (Å²) >= 11 is 0. The summed E-state index contributed by atoms with van der Waals surface area (Å²) in [6, 6.07) is 8.71. The smallest absolute Gasteiger partial charge is 0.236 e. The van der Waals surface area contributed by atoms with Crippen molar-refractivity contribution in [2.24, 2.45) is 0 Å². The van der Waals surface area contributed by atoms with Crippen molar-refractivity contribution in [2.45, 2.75) is 13.0 Å². The zero-order valence-electron chi connectivity index (χ0n) is 10.1. The third-order valence-corrected chi connectivity index (χ3v) is 3.34. The van der Waals surface area contributed by atoms with Crippen LogP contribution in [0, 0.1) is 6.92 Å². The maximum absolute atomic E-state index is 11.6. The van der Waals surface area contributed by atoms with Gasteiger partial charge in [0.25, 0.3) is 0 Å². The van der Waals surface area contributed by atoms with Crippen LogP contribution in [0.4, 0.5) is 0 Å². The van der Waals surface area contributed by atoms with Gasteiger partial charge in [0.2, 0.25) is 5.91 Å². The monoisotopic (exact) mass is 218 g/mol. The van der Waals surface area contributed by atoms with Crippen LogP contribution in [-0.2, 0) is 4.79 Å². The highest BCUT2D eigenvalue weighted by atomic mass is 16.2. The normalized spacial score (nSPS) is 22.6. The van der Waals surface area contributed by atoms with Gasteiger partial charge in [-0.05, 0) is 25.1 Å². The maximum atomic E-state index is 11.6. The molecule has 86 valence electrons. The lowest BCUT2D eigenvalue weighted by Gasteiger charge is -2.38. The Hall–Kier alpha value is -1.35. The number of amides is 1. The van der Waals surface area contributed by atoms with Gasteiger partial charge < -0.3 is 4.90 Å². The molecule has 1 aromatic rings. The van der Waals surface area contributed by atoms with E-state index >= 15 is 0 Å². The summed E-state index contributed by atoms with van der Waals surface area (Å²) < 4.78 is 0. The SMILES string of the molecule is Cc1ccccc1C1CN(C)C(=O)CN1C. The zero-order chi connectivity index (χ0) is 11.7. The van der Waals surface area contributed by atoms with Crippen molar-refractivity contribution in [3.05, 3.63) is 35.4 Å². The number of likely N-dealkylation sites (N-methyl/N-ethyl adjacent to an activating group) is 2. The van der Waals surface area contributed by atoms with E-state index in [2.05, 4.69) is 36.1 Å². The molecule has 16 heavy (non-hydrogen) atoms. The maximum Gasteiger partial charge on any atom is 0.236 e. The third kappa shape index (κ3) is 1.95. The molecule has 0 bridgehead atoms. The Morgan fingerprint density at radius 2 is 1.94 bits per heavy atom.